The number of para-hydroxylation sites is 1. The summed E-state index contributed by atoms with van der Waals surface area (Å²) >= 11 is 2.75. The van der Waals surface area contributed by atoms with Gasteiger partial charge in [0.05, 0.1) is 16.1 Å². The summed E-state index contributed by atoms with van der Waals surface area (Å²) in [5.41, 5.74) is 0.863. The topological polar surface area (TPSA) is 71.1 Å². The highest BCUT2D eigenvalue weighted by Gasteiger charge is 2.15. The van der Waals surface area contributed by atoms with Crippen LogP contribution in [0.25, 0.3) is 0 Å². The molecule has 0 aliphatic heterocycles. The number of nitrogens with one attached hydrogen (secondary N) is 2. The predicted molar refractivity (Wildman–Crippen MR) is 93.5 cm³/mol. The van der Waals surface area contributed by atoms with Gasteiger partial charge in [-0.15, -0.1) is 22.7 Å². The lowest BCUT2D eigenvalue weighted by molar-refractivity contribution is 0.102. The second-order valence-electron chi connectivity index (χ2n) is 4.71. The quantitative estimate of drug-likeness (QED) is 0.751. The molecule has 0 saturated heterocycles. The highest BCUT2D eigenvalue weighted by Crippen LogP contribution is 2.21. The van der Waals surface area contributed by atoms with Crippen molar-refractivity contribution < 1.29 is 9.59 Å². The molecule has 0 unspecified atom stereocenters. The molecule has 2 amide bonds. The van der Waals surface area contributed by atoms with E-state index in [1.807, 2.05) is 18.4 Å². The highest BCUT2D eigenvalue weighted by molar-refractivity contribution is 7.15. The van der Waals surface area contributed by atoms with Gasteiger partial charge in [0.1, 0.15) is 0 Å². The Hall–Kier alpha value is -2.51. The lowest BCUT2D eigenvalue weighted by atomic mass is 10.1. The number of anilines is 2. The zero-order valence-electron chi connectivity index (χ0n) is 12.2. The van der Waals surface area contributed by atoms with Gasteiger partial charge in [-0.25, -0.2) is 4.98 Å². The van der Waals surface area contributed by atoms with Gasteiger partial charge in [-0.2, -0.15) is 0 Å². The fourth-order valence-electron chi connectivity index (χ4n) is 1.96. The van der Waals surface area contributed by atoms with Gasteiger partial charge in [-0.1, -0.05) is 18.2 Å². The van der Waals surface area contributed by atoms with E-state index in [4.69, 9.17) is 0 Å². The first-order chi connectivity index (χ1) is 11.1. The first-order valence-electron chi connectivity index (χ1n) is 6.81. The number of rotatable bonds is 4. The monoisotopic (exact) mass is 343 g/mol. The number of amides is 2. The molecule has 0 spiro atoms. The standard InChI is InChI=1S/C16H13N3O2S2/c1-10-9-17-16(23-10)19-14(20)11-5-2-3-6-12(11)18-15(21)13-7-4-8-22-13/h2-9H,1H3,(H,18,21)(H,17,19,20). The number of hydrogen-bond donors (Lipinski definition) is 2. The Labute approximate surface area is 141 Å². The fraction of sp³-hybridized carbons (Fsp3) is 0.0625. The van der Waals surface area contributed by atoms with Crippen molar-refractivity contribution in [3.05, 3.63) is 63.3 Å². The van der Waals surface area contributed by atoms with Crippen molar-refractivity contribution in [3.8, 4) is 0 Å². The van der Waals surface area contributed by atoms with Crippen LogP contribution < -0.4 is 10.6 Å². The maximum atomic E-state index is 12.4. The molecule has 2 aromatic heterocycles. The summed E-state index contributed by atoms with van der Waals surface area (Å²) in [4.78, 5) is 30.3. The van der Waals surface area contributed by atoms with E-state index in [-0.39, 0.29) is 11.8 Å². The van der Waals surface area contributed by atoms with Crippen molar-refractivity contribution in [1.29, 1.82) is 0 Å². The molecule has 116 valence electrons. The lowest BCUT2D eigenvalue weighted by Crippen LogP contribution is -2.17. The smallest absolute Gasteiger partial charge is 0.265 e. The summed E-state index contributed by atoms with van der Waals surface area (Å²) in [5, 5.41) is 7.89. The molecule has 0 radical (unpaired) electrons. The van der Waals surface area contributed by atoms with E-state index in [0.717, 1.165) is 4.88 Å². The number of hydrogen-bond acceptors (Lipinski definition) is 5. The largest absolute Gasteiger partial charge is 0.321 e. The molecule has 2 N–H and O–H groups in total. The molecular formula is C16H13N3O2S2. The van der Waals surface area contributed by atoms with Gasteiger partial charge in [-0.3, -0.25) is 14.9 Å². The number of thiophene rings is 1. The fourth-order valence-corrected chi connectivity index (χ4v) is 3.24. The van der Waals surface area contributed by atoms with Crippen molar-refractivity contribution in [1.82, 2.24) is 4.98 Å². The van der Waals surface area contributed by atoms with Crippen LogP contribution in [0.3, 0.4) is 0 Å². The molecule has 0 fully saturated rings. The Balaban J connectivity index is 1.80. The molecule has 23 heavy (non-hydrogen) atoms. The molecule has 5 nitrogen and oxygen atoms in total. The average molecular weight is 343 g/mol. The van der Waals surface area contributed by atoms with Crippen molar-refractivity contribution in [3.63, 3.8) is 0 Å². The van der Waals surface area contributed by atoms with Gasteiger partial charge < -0.3 is 5.32 Å². The van der Waals surface area contributed by atoms with Crippen LogP contribution in [-0.2, 0) is 0 Å². The second kappa shape index (κ2) is 6.72. The van der Waals surface area contributed by atoms with Crippen LogP contribution in [0.2, 0.25) is 0 Å². The Morgan fingerprint density at radius 2 is 1.87 bits per heavy atom. The third-order valence-electron chi connectivity index (χ3n) is 3.01. The molecule has 0 aliphatic carbocycles. The zero-order chi connectivity index (χ0) is 16.2. The lowest BCUT2D eigenvalue weighted by Gasteiger charge is -2.09. The molecule has 3 rings (SSSR count). The molecule has 0 saturated carbocycles. The van der Waals surface area contributed by atoms with E-state index in [9.17, 15) is 9.59 Å². The number of benzene rings is 1. The van der Waals surface area contributed by atoms with Gasteiger partial charge in [0.2, 0.25) is 0 Å². The summed E-state index contributed by atoms with van der Waals surface area (Å²) in [7, 11) is 0. The Bertz CT molecular complexity index is 841. The SMILES string of the molecule is Cc1cnc(NC(=O)c2ccccc2NC(=O)c2cccs2)s1. The van der Waals surface area contributed by atoms with Crippen molar-refractivity contribution in [2.24, 2.45) is 0 Å². The van der Waals surface area contributed by atoms with Crippen LogP contribution in [0.4, 0.5) is 10.8 Å². The van der Waals surface area contributed by atoms with Crippen LogP contribution >= 0.6 is 22.7 Å². The van der Waals surface area contributed by atoms with Crippen LogP contribution in [0.1, 0.15) is 24.9 Å². The van der Waals surface area contributed by atoms with Gasteiger partial charge in [0, 0.05) is 11.1 Å². The highest BCUT2D eigenvalue weighted by atomic mass is 32.1. The van der Waals surface area contributed by atoms with Gasteiger partial charge >= 0.3 is 0 Å². The van der Waals surface area contributed by atoms with Gasteiger partial charge in [0.15, 0.2) is 5.13 Å². The van der Waals surface area contributed by atoms with E-state index in [0.29, 0.717) is 21.3 Å². The number of carbonyl (C=O) groups excluding carboxylic acids is 2. The first kappa shape index (κ1) is 15.4. The van der Waals surface area contributed by atoms with Crippen LogP contribution in [-0.4, -0.2) is 16.8 Å². The number of aryl methyl sites for hydroxylation is 1. The number of aromatic nitrogens is 1. The summed E-state index contributed by atoms with van der Waals surface area (Å²) in [5.74, 6) is -0.535. The van der Waals surface area contributed by atoms with Crippen LogP contribution in [0.15, 0.2) is 48.0 Å². The minimum Gasteiger partial charge on any atom is -0.321 e. The number of thiazole rings is 1. The maximum Gasteiger partial charge on any atom is 0.265 e. The third kappa shape index (κ3) is 3.64. The Kier molecular flexibility index (Phi) is 4.50. The minimum absolute atomic E-state index is 0.231. The molecule has 0 aliphatic rings. The first-order valence-corrected chi connectivity index (χ1v) is 8.51. The molecule has 0 atom stereocenters. The maximum absolute atomic E-state index is 12.4. The molecule has 2 heterocycles. The minimum atomic E-state index is -0.304. The average Bonchev–Trinajstić information content (AvgIpc) is 3.19. The Morgan fingerprint density at radius 1 is 1.04 bits per heavy atom. The van der Waals surface area contributed by atoms with E-state index in [1.54, 1.807) is 36.5 Å². The second-order valence-corrected chi connectivity index (χ2v) is 6.89. The molecule has 0 bridgehead atoms. The van der Waals surface area contributed by atoms with E-state index in [2.05, 4.69) is 15.6 Å². The predicted octanol–water partition coefficient (Wildman–Crippen LogP) is 4.02. The van der Waals surface area contributed by atoms with Gasteiger partial charge in [-0.05, 0) is 30.5 Å². The van der Waals surface area contributed by atoms with Crippen molar-refractivity contribution in [2.45, 2.75) is 6.92 Å². The van der Waals surface area contributed by atoms with E-state index >= 15 is 0 Å². The number of carbonyl (C=O) groups is 2. The molecule has 7 heteroatoms. The normalized spacial score (nSPS) is 10.3. The van der Waals surface area contributed by atoms with E-state index < -0.39 is 0 Å². The summed E-state index contributed by atoms with van der Waals surface area (Å²) in [6, 6.07) is 10.4. The van der Waals surface area contributed by atoms with Crippen LogP contribution in [0, 0.1) is 6.92 Å². The summed E-state index contributed by atoms with van der Waals surface area (Å²) < 4.78 is 0. The summed E-state index contributed by atoms with van der Waals surface area (Å²) in [6.45, 7) is 1.92. The third-order valence-corrected chi connectivity index (χ3v) is 4.70. The number of nitrogens with zero attached hydrogens (tertiary/aromatic N) is 1. The molecule has 3 aromatic rings. The van der Waals surface area contributed by atoms with Crippen molar-refractivity contribution >= 4 is 45.3 Å². The molecule has 1 aromatic carbocycles. The van der Waals surface area contributed by atoms with Crippen LogP contribution in [0.5, 0.6) is 0 Å². The summed E-state index contributed by atoms with van der Waals surface area (Å²) in [6.07, 6.45) is 1.70. The zero-order valence-corrected chi connectivity index (χ0v) is 13.8. The van der Waals surface area contributed by atoms with Crippen molar-refractivity contribution in [2.75, 3.05) is 10.6 Å². The Morgan fingerprint density at radius 3 is 2.57 bits per heavy atom. The molecular weight excluding hydrogens is 330 g/mol. The van der Waals surface area contributed by atoms with Gasteiger partial charge in [0.25, 0.3) is 11.8 Å². The van der Waals surface area contributed by atoms with E-state index in [1.165, 1.54) is 22.7 Å².